The van der Waals surface area contributed by atoms with Crippen molar-refractivity contribution >= 4 is 37.5 Å². The maximum absolute atomic E-state index is 13.1. The van der Waals surface area contributed by atoms with Crippen LogP contribution in [0.3, 0.4) is 0 Å². The molecule has 0 atom stereocenters. The Kier molecular flexibility index (Phi) is 5.40. The van der Waals surface area contributed by atoms with E-state index >= 15 is 0 Å². The van der Waals surface area contributed by atoms with Crippen molar-refractivity contribution in [3.05, 3.63) is 70.2 Å². The Morgan fingerprint density at radius 1 is 0.964 bits per heavy atom. The number of carbonyl (C=O) groups is 1. The van der Waals surface area contributed by atoms with Crippen molar-refractivity contribution in [3.8, 4) is 0 Å². The van der Waals surface area contributed by atoms with Crippen LogP contribution < -0.4 is 4.90 Å². The maximum atomic E-state index is 13.1. The van der Waals surface area contributed by atoms with Crippen molar-refractivity contribution in [1.82, 2.24) is 4.31 Å². The number of nitrogens with zero attached hydrogens (tertiary/aromatic N) is 2. The molecule has 146 valence electrons. The van der Waals surface area contributed by atoms with Crippen LogP contribution in [0.1, 0.15) is 18.4 Å². The molecule has 0 saturated carbocycles. The molecule has 2 aromatic carbocycles. The molecule has 4 rings (SSSR count). The van der Waals surface area contributed by atoms with Crippen LogP contribution in [0, 0.1) is 0 Å². The Morgan fingerprint density at radius 3 is 2.43 bits per heavy atom. The van der Waals surface area contributed by atoms with Gasteiger partial charge < -0.3 is 4.90 Å². The molecule has 2 aliphatic heterocycles. The molecule has 5 nitrogen and oxygen atoms in total. The molecule has 0 N–H and O–H groups in total. The number of hydrogen-bond acceptors (Lipinski definition) is 3. The highest BCUT2D eigenvalue weighted by Crippen LogP contribution is 2.29. The molecule has 2 heterocycles. The van der Waals surface area contributed by atoms with E-state index in [1.807, 2.05) is 23.1 Å². The van der Waals surface area contributed by atoms with Gasteiger partial charge in [-0.05, 0) is 55.2 Å². The average molecular weight is 461 g/mol. The van der Waals surface area contributed by atoms with Crippen LogP contribution >= 0.6 is 15.9 Å². The highest BCUT2D eigenvalue weighted by Gasteiger charge is 2.30. The van der Waals surface area contributed by atoms with Crippen molar-refractivity contribution in [1.29, 1.82) is 0 Å². The van der Waals surface area contributed by atoms with Gasteiger partial charge in [0.05, 0.1) is 4.90 Å². The fourth-order valence-corrected chi connectivity index (χ4v) is 5.38. The van der Waals surface area contributed by atoms with E-state index < -0.39 is 10.0 Å². The fourth-order valence-electron chi connectivity index (χ4n) is 3.74. The molecule has 0 aromatic heterocycles. The van der Waals surface area contributed by atoms with E-state index in [0.29, 0.717) is 25.1 Å². The van der Waals surface area contributed by atoms with Gasteiger partial charge in [-0.15, -0.1) is 0 Å². The van der Waals surface area contributed by atoms with Gasteiger partial charge in [-0.25, -0.2) is 8.42 Å². The minimum atomic E-state index is -3.56. The Balaban J connectivity index is 1.52. The maximum Gasteiger partial charge on any atom is 0.253 e. The molecule has 0 fully saturated rings. The van der Waals surface area contributed by atoms with Crippen LogP contribution in [0.15, 0.2) is 69.5 Å². The lowest BCUT2D eigenvalue weighted by Gasteiger charge is -2.32. The molecular formula is C21H21BrN2O3S. The van der Waals surface area contributed by atoms with Crippen molar-refractivity contribution in [2.75, 3.05) is 24.5 Å². The van der Waals surface area contributed by atoms with Gasteiger partial charge in [-0.1, -0.05) is 40.2 Å². The molecule has 0 bridgehead atoms. The highest BCUT2D eigenvalue weighted by molar-refractivity contribution is 9.10. The van der Waals surface area contributed by atoms with E-state index in [2.05, 4.69) is 22.0 Å². The normalized spacial score (nSPS) is 17.8. The molecule has 0 aliphatic carbocycles. The first-order valence-electron chi connectivity index (χ1n) is 9.31. The van der Waals surface area contributed by atoms with E-state index in [9.17, 15) is 13.2 Å². The number of sulfonamides is 1. The van der Waals surface area contributed by atoms with Crippen molar-refractivity contribution in [2.45, 2.75) is 24.2 Å². The summed E-state index contributed by atoms with van der Waals surface area (Å²) in [6, 6.07) is 14.6. The van der Waals surface area contributed by atoms with Crippen molar-refractivity contribution in [2.24, 2.45) is 0 Å². The quantitative estimate of drug-likeness (QED) is 0.700. The standard InChI is InChI=1S/C21H21BrN2O3S/c22-18-7-9-19(10-8-18)28(26,27)23-14-11-17(12-15-23)21(25)24-13-3-5-16-4-1-2-6-20(16)24/h1-2,4,6-11H,3,5,12-15H2. The number of hydrogen-bond donors (Lipinski definition) is 0. The highest BCUT2D eigenvalue weighted by atomic mass is 79.9. The second-order valence-electron chi connectivity index (χ2n) is 6.99. The number of amides is 1. The zero-order chi connectivity index (χ0) is 19.7. The molecule has 0 unspecified atom stereocenters. The summed E-state index contributed by atoms with van der Waals surface area (Å²) < 4.78 is 27.9. The second-order valence-corrected chi connectivity index (χ2v) is 9.84. The van der Waals surface area contributed by atoms with Gasteiger partial charge in [0.15, 0.2) is 0 Å². The molecule has 0 radical (unpaired) electrons. The lowest BCUT2D eigenvalue weighted by molar-refractivity contribution is -0.115. The lowest BCUT2D eigenvalue weighted by atomic mass is 9.99. The van der Waals surface area contributed by atoms with E-state index in [1.165, 1.54) is 9.87 Å². The SMILES string of the molecule is O=C(C1=CCN(S(=O)(=O)c2ccc(Br)cc2)CC1)N1CCCc2ccccc21. The molecular weight excluding hydrogens is 440 g/mol. The van der Waals surface area contributed by atoms with E-state index in [-0.39, 0.29) is 17.3 Å². The number of fused-ring (bicyclic) bond motifs is 1. The molecule has 0 saturated heterocycles. The van der Waals surface area contributed by atoms with E-state index in [1.54, 1.807) is 30.3 Å². The summed E-state index contributed by atoms with van der Waals surface area (Å²) >= 11 is 3.32. The molecule has 2 aromatic rings. The van der Waals surface area contributed by atoms with Gasteiger partial charge in [0.2, 0.25) is 10.0 Å². The van der Waals surface area contributed by atoms with Crippen LogP contribution in [-0.2, 0) is 21.2 Å². The van der Waals surface area contributed by atoms with Crippen molar-refractivity contribution in [3.63, 3.8) is 0 Å². The first-order chi connectivity index (χ1) is 13.5. The second kappa shape index (κ2) is 7.81. The number of carbonyl (C=O) groups excluding carboxylic acids is 1. The topological polar surface area (TPSA) is 57.7 Å². The van der Waals surface area contributed by atoms with Gasteiger partial charge >= 0.3 is 0 Å². The van der Waals surface area contributed by atoms with Crippen LogP contribution in [-0.4, -0.2) is 38.3 Å². The average Bonchev–Trinajstić information content (AvgIpc) is 2.73. The summed E-state index contributed by atoms with van der Waals surface area (Å²) in [5.74, 6) is -0.00663. The third kappa shape index (κ3) is 3.66. The van der Waals surface area contributed by atoms with E-state index in [4.69, 9.17) is 0 Å². The summed E-state index contributed by atoms with van der Waals surface area (Å²) in [7, 11) is -3.56. The minimum absolute atomic E-state index is 0.00663. The molecule has 1 amide bonds. The lowest BCUT2D eigenvalue weighted by Crippen LogP contribution is -2.40. The van der Waals surface area contributed by atoms with Gasteiger partial charge in [-0.2, -0.15) is 4.31 Å². The minimum Gasteiger partial charge on any atom is -0.308 e. The summed E-state index contributed by atoms with van der Waals surface area (Å²) in [4.78, 5) is 15.2. The molecule has 7 heteroatoms. The van der Waals surface area contributed by atoms with Crippen LogP contribution in [0.25, 0.3) is 0 Å². The smallest absolute Gasteiger partial charge is 0.253 e. The summed E-state index contributed by atoms with van der Waals surface area (Å²) in [5, 5.41) is 0. The first kappa shape index (κ1) is 19.4. The van der Waals surface area contributed by atoms with Gasteiger partial charge in [-0.3, -0.25) is 4.79 Å². The largest absolute Gasteiger partial charge is 0.308 e. The number of halogens is 1. The number of aryl methyl sites for hydroxylation is 1. The Bertz CT molecular complexity index is 1030. The Morgan fingerprint density at radius 2 is 1.71 bits per heavy atom. The predicted octanol–water partition coefficient (Wildman–Crippen LogP) is 3.75. The molecule has 28 heavy (non-hydrogen) atoms. The zero-order valence-corrected chi connectivity index (χ0v) is 17.7. The number of benzene rings is 2. The molecule has 0 spiro atoms. The van der Waals surface area contributed by atoms with Crippen LogP contribution in [0.2, 0.25) is 0 Å². The Hall–Kier alpha value is -1.96. The number of para-hydroxylation sites is 1. The van der Waals surface area contributed by atoms with Gasteiger partial charge in [0.1, 0.15) is 0 Å². The third-order valence-electron chi connectivity index (χ3n) is 5.25. The van der Waals surface area contributed by atoms with Crippen LogP contribution in [0.5, 0.6) is 0 Å². The molecule has 2 aliphatic rings. The third-order valence-corrected chi connectivity index (χ3v) is 7.66. The van der Waals surface area contributed by atoms with Gasteiger partial charge in [0, 0.05) is 35.4 Å². The fraction of sp³-hybridized carbons (Fsp3) is 0.286. The summed E-state index contributed by atoms with van der Waals surface area (Å²) in [5.41, 5.74) is 2.86. The monoisotopic (exact) mass is 460 g/mol. The van der Waals surface area contributed by atoms with Crippen molar-refractivity contribution < 1.29 is 13.2 Å². The number of rotatable bonds is 3. The van der Waals surface area contributed by atoms with Gasteiger partial charge in [0.25, 0.3) is 5.91 Å². The van der Waals surface area contributed by atoms with Crippen LogP contribution in [0.4, 0.5) is 5.69 Å². The summed E-state index contributed by atoms with van der Waals surface area (Å²) in [6.07, 6.45) is 4.12. The predicted molar refractivity (Wildman–Crippen MR) is 113 cm³/mol. The number of anilines is 1. The Labute approximate surface area is 173 Å². The summed E-state index contributed by atoms with van der Waals surface area (Å²) in [6.45, 7) is 1.23. The zero-order valence-electron chi connectivity index (χ0n) is 15.3. The first-order valence-corrected chi connectivity index (χ1v) is 11.5. The van der Waals surface area contributed by atoms with E-state index in [0.717, 1.165) is 23.0 Å².